The van der Waals surface area contributed by atoms with Crippen LogP contribution >= 0.6 is 0 Å². The molecule has 2 N–H and O–H groups in total. The van der Waals surface area contributed by atoms with Gasteiger partial charge in [0.1, 0.15) is 5.75 Å². The second-order valence-electron chi connectivity index (χ2n) is 4.67. The summed E-state index contributed by atoms with van der Waals surface area (Å²) in [6, 6.07) is 7.45. The van der Waals surface area contributed by atoms with Crippen molar-refractivity contribution in [3.05, 3.63) is 29.8 Å². The van der Waals surface area contributed by atoms with E-state index in [1.54, 1.807) is 19.1 Å². The van der Waals surface area contributed by atoms with Gasteiger partial charge in [-0.1, -0.05) is 12.1 Å². The van der Waals surface area contributed by atoms with Crippen molar-refractivity contribution in [1.29, 1.82) is 0 Å². The fraction of sp³-hybridized carbons (Fsp3) is 0.500. The Kier molecular flexibility index (Phi) is 4.39. The van der Waals surface area contributed by atoms with Crippen LogP contribution in [0.3, 0.4) is 0 Å². The van der Waals surface area contributed by atoms with Crippen LogP contribution in [0.1, 0.15) is 18.0 Å². The second-order valence-corrected chi connectivity index (χ2v) is 4.67. The molecular formula is C14H20N2O3. The van der Waals surface area contributed by atoms with Crippen LogP contribution in [0.4, 0.5) is 0 Å². The molecule has 0 radical (unpaired) electrons. The molecule has 1 aromatic carbocycles. The van der Waals surface area contributed by atoms with E-state index in [0.29, 0.717) is 19.6 Å². The van der Waals surface area contributed by atoms with E-state index in [0.717, 1.165) is 11.3 Å². The summed E-state index contributed by atoms with van der Waals surface area (Å²) >= 11 is 0. The predicted molar refractivity (Wildman–Crippen MR) is 71.9 cm³/mol. The summed E-state index contributed by atoms with van der Waals surface area (Å²) < 4.78 is 10.2. The largest absolute Gasteiger partial charge is 0.497 e. The van der Waals surface area contributed by atoms with E-state index in [1.807, 2.05) is 24.3 Å². The van der Waals surface area contributed by atoms with E-state index < -0.39 is 0 Å². The third-order valence-corrected chi connectivity index (χ3v) is 3.47. The Hall–Kier alpha value is -1.59. The van der Waals surface area contributed by atoms with Gasteiger partial charge in [0.2, 0.25) is 5.91 Å². The molecule has 1 aliphatic rings. The molecule has 2 atom stereocenters. The molecule has 104 valence electrons. The van der Waals surface area contributed by atoms with Crippen molar-refractivity contribution in [2.75, 3.05) is 27.4 Å². The van der Waals surface area contributed by atoms with E-state index in [4.69, 9.17) is 15.2 Å². The van der Waals surface area contributed by atoms with Crippen LogP contribution < -0.4 is 10.5 Å². The van der Waals surface area contributed by atoms with Crippen molar-refractivity contribution < 1.29 is 14.3 Å². The van der Waals surface area contributed by atoms with Crippen LogP contribution in [0.2, 0.25) is 0 Å². The molecule has 2 unspecified atom stereocenters. The Bertz CT molecular complexity index is 433. The minimum Gasteiger partial charge on any atom is -0.497 e. The number of amides is 1. The summed E-state index contributed by atoms with van der Waals surface area (Å²) in [7, 11) is 3.26. The van der Waals surface area contributed by atoms with Crippen molar-refractivity contribution in [3.63, 3.8) is 0 Å². The lowest BCUT2D eigenvalue weighted by Gasteiger charge is -2.27. The van der Waals surface area contributed by atoms with Gasteiger partial charge in [-0.25, -0.2) is 0 Å². The Balaban J connectivity index is 2.20. The molecule has 19 heavy (non-hydrogen) atoms. The number of benzene rings is 1. The highest BCUT2D eigenvalue weighted by atomic mass is 16.5. The zero-order chi connectivity index (χ0) is 13.8. The number of nitrogens with two attached hydrogens (primary N) is 1. The molecule has 2 rings (SSSR count). The number of hydrogen-bond donors (Lipinski definition) is 1. The Morgan fingerprint density at radius 1 is 1.32 bits per heavy atom. The van der Waals surface area contributed by atoms with Crippen LogP contribution in [0.5, 0.6) is 5.75 Å². The summed E-state index contributed by atoms with van der Waals surface area (Å²) in [5.41, 5.74) is 7.14. The Morgan fingerprint density at radius 3 is 2.58 bits per heavy atom. The minimum absolute atomic E-state index is 0.0754. The molecule has 5 nitrogen and oxygen atoms in total. The number of nitrogens with zero attached hydrogens (tertiary/aromatic N) is 1. The number of ether oxygens (including phenoxy) is 2. The van der Waals surface area contributed by atoms with Gasteiger partial charge in [-0.05, 0) is 17.7 Å². The van der Waals surface area contributed by atoms with Gasteiger partial charge in [0.15, 0.2) is 0 Å². The minimum atomic E-state index is -0.169. The normalized spacial score (nSPS) is 22.9. The van der Waals surface area contributed by atoms with Crippen molar-refractivity contribution in [1.82, 2.24) is 4.90 Å². The van der Waals surface area contributed by atoms with E-state index in [9.17, 15) is 4.79 Å². The van der Waals surface area contributed by atoms with Crippen molar-refractivity contribution in [3.8, 4) is 5.75 Å². The number of methoxy groups -OCH3 is 2. The molecule has 1 fully saturated rings. The molecule has 1 heterocycles. The smallest absolute Gasteiger partial charge is 0.224 e. The van der Waals surface area contributed by atoms with E-state index in [2.05, 4.69) is 0 Å². The first kappa shape index (κ1) is 13.8. The van der Waals surface area contributed by atoms with Crippen molar-refractivity contribution >= 4 is 5.91 Å². The first-order chi connectivity index (χ1) is 9.17. The first-order valence-electron chi connectivity index (χ1n) is 6.35. The number of carbonyl (C=O) groups excluding carboxylic acids is 1. The first-order valence-corrected chi connectivity index (χ1v) is 6.35. The lowest BCUT2D eigenvalue weighted by Crippen LogP contribution is -2.35. The topological polar surface area (TPSA) is 64.8 Å². The van der Waals surface area contributed by atoms with Crippen LogP contribution in [0.15, 0.2) is 24.3 Å². The molecule has 0 aliphatic carbocycles. The van der Waals surface area contributed by atoms with Gasteiger partial charge < -0.3 is 20.1 Å². The third-order valence-electron chi connectivity index (χ3n) is 3.47. The Morgan fingerprint density at radius 2 is 2.00 bits per heavy atom. The molecule has 0 spiro atoms. The van der Waals surface area contributed by atoms with Crippen LogP contribution in [0, 0.1) is 0 Å². The molecule has 5 heteroatoms. The van der Waals surface area contributed by atoms with Gasteiger partial charge in [-0.2, -0.15) is 0 Å². The molecule has 1 aromatic rings. The maximum atomic E-state index is 12.0. The molecule has 0 aromatic heterocycles. The van der Waals surface area contributed by atoms with Gasteiger partial charge >= 0.3 is 0 Å². The standard InChI is InChI=1S/C14H20N2O3/c1-18-8-7-16-13(17)9-12(15)14(16)10-3-5-11(19-2)6-4-10/h3-6,12,14H,7-9,15H2,1-2H3. The third kappa shape index (κ3) is 2.88. The van der Waals surface area contributed by atoms with Gasteiger partial charge in [0.05, 0.1) is 19.8 Å². The summed E-state index contributed by atoms with van der Waals surface area (Å²) in [4.78, 5) is 13.8. The summed E-state index contributed by atoms with van der Waals surface area (Å²) in [5.74, 6) is 0.885. The van der Waals surface area contributed by atoms with E-state index >= 15 is 0 Å². The maximum absolute atomic E-state index is 12.0. The van der Waals surface area contributed by atoms with Gasteiger partial charge in [-0.15, -0.1) is 0 Å². The molecule has 0 bridgehead atoms. The molecule has 1 amide bonds. The molecule has 1 saturated heterocycles. The number of rotatable bonds is 5. The van der Waals surface area contributed by atoms with E-state index in [-0.39, 0.29) is 18.0 Å². The number of carbonyl (C=O) groups is 1. The highest BCUT2D eigenvalue weighted by Gasteiger charge is 2.38. The van der Waals surface area contributed by atoms with Gasteiger partial charge in [-0.3, -0.25) is 4.79 Å². The highest BCUT2D eigenvalue weighted by molar-refractivity contribution is 5.80. The fourth-order valence-electron chi connectivity index (χ4n) is 2.50. The number of likely N-dealkylation sites (tertiary alicyclic amines) is 1. The van der Waals surface area contributed by atoms with Crippen molar-refractivity contribution in [2.45, 2.75) is 18.5 Å². The lowest BCUT2D eigenvalue weighted by molar-refractivity contribution is -0.129. The quantitative estimate of drug-likeness (QED) is 0.859. The van der Waals surface area contributed by atoms with Crippen LogP contribution in [0.25, 0.3) is 0 Å². The monoisotopic (exact) mass is 264 g/mol. The van der Waals surface area contributed by atoms with Crippen LogP contribution in [-0.4, -0.2) is 44.2 Å². The second kappa shape index (κ2) is 6.04. The molecular weight excluding hydrogens is 244 g/mol. The maximum Gasteiger partial charge on any atom is 0.224 e. The fourth-order valence-corrected chi connectivity index (χ4v) is 2.50. The Labute approximate surface area is 113 Å². The van der Waals surface area contributed by atoms with E-state index in [1.165, 1.54) is 0 Å². The molecule has 1 aliphatic heterocycles. The lowest BCUT2D eigenvalue weighted by atomic mass is 10.0. The summed E-state index contributed by atoms with van der Waals surface area (Å²) in [5, 5.41) is 0. The molecule has 0 saturated carbocycles. The average molecular weight is 264 g/mol. The SMILES string of the molecule is COCCN1C(=O)CC(N)C1c1ccc(OC)cc1. The zero-order valence-corrected chi connectivity index (χ0v) is 11.3. The van der Waals surface area contributed by atoms with Gasteiger partial charge in [0, 0.05) is 26.1 Å². The van der Waals surface area contributed by atoms with Gasteiger partial charge in [0.25, 0.3) is 0 Å². The highest BCUT2D eigenvalue weighted by Crippen LogP contribution is 2.32. The summed E-state index contributed by atoms with van der Waals surface area (Å²) in [6.07, 6.45) is 0.389. The average Bonchev–Trinajstić information content (AvgIpc) is 2.71. The zero-order valence-electron chi connectivity index (χ0n) is 11.3. The summed E-state index contributed by atoms with van der Waals surface area (Å²) in [6.45, 7) is 1.09. The van der Waals surface area contributed by atoms with Crippen molar-refractivity contribution in [2.24, 2.45) is 5.73 Å². The number of hydrogen-bond acceptors (Lipinski definition) is 4. The van der Waals surface area contributed by atoms with Crippen LogP contribution in [-0.2, 0) is 9.53 Å². The predicted octanol–water partition coefficient (Wildman–Crippen LogP) is 0.942.